The third-order valence-electron chi connectivity index (χ3n) is 5.22. The first kappa shape index (κ1) is 20.5. The SMILES string of the molecule is COc1ccc(C(=O)[C@H]2CC(=O)Nc3c2c(C)nn3-c2ccc(F)cc2F)cc1OC. The van der Waals surface area contributed by atoms with E-state index < -0.39 is 23.5 Å². The number of hydrogen-bond acceptors (Lipinski definition) is 5. The molecule has 2 aromatic carbocycles. The van der Waals surface area contributed by atoms with E-state index in [1.807, 2.05) is 0 Å². The second-order valence-corrected chi connectivity index (χ2v) is 7.09. The quantitative estimate of drug-likeness (QED) is 0.627. The Hall–Kier alpha value is -3.75. The third kappa shape index (κ3) is 3.52. The number of hydrogen-bond donors (Lipinski definition) is 1. The van der Waals surface area contributed by atoms with Gasteiger partial charge in [-0.05, 0) is 37.3 Å². The lowest BCUT2D eigenvalue weighted by Gasteiger charge is -2.23. The van der Waals surface area contributed by atoms with Crippen LogP contribution in [0.2, 0.25) is 0 Å². The summed E-state index contributed by atoms with van der Waals surface area (Å²) in [6, 6.07) is 7.81. The van der Waals surface area contributed by atoms with E-state index in [2.05, 4.69) is 10.4 Å². The fourth-order valence-corrected chi connectivity index (χ4v) is 3.79. The first-order valence-corrected chi connectivity index (χ1v) is 9.45. The molecule has 0 unspecified atom stereocenters. The summed E-state index contributed by atoms with van der Waals surface area (Å²) in [5.74, 6) is -2.06. The van der Waals surface area contributed by atoms with Crippen molar-refractivity contribution in [3.63, 3.8) is 0 Å². The summed E-state index contributed by atoms with van der Waals surface area (Å²) in [7, 11) is 2.95. The number of benzene rings is 2. The van der Waals surface area contributed by atoms with Crippen LogP contribution in [-0.2, 0) is 4.79 Å². The van der Waals surface area contributed by atoms with Crippen LogP contribution in [0, 0.1) is 18.6 Å². The second kappa shape index (κ2) is 7.82. The van der Waals surface area contributed by atoms with Gasteiger partial charge in [-0.1, -0.05) is 0 Å². The maximum absolute atomic E-state index is 14.4. The number of carbonyl (C=O) groups is 2. The molecule has 160 valence electrons. The van der Waals surface area contributed by atoms with Gasteiger partial charge in [0.05, 0.1) is 25.8 Å². The minimum absolute atomic E-state index is 0.0368. The molecule has 0 bridgehead atoms. The maximum atomic E-state index is 14.4. The number of carbonyl (C=O) groups excluding carboxylic acids is 2. The highest BCUT2D eigenvalue weighted by Crippen LogP contribution is 2.39. The Kier molecular flexibility index (Phi) is 5.18. The minimum Gasteiger partial charge on any atom is -0.493 e. The predicted molar refractivity (Wildman–Crippen MR) is 108 cm³/mol. The molecule has 1 aliphatic rings. The van der Waals surface area contributed by atoms with Gasteiger partial charge in [-0.15, -0.1) is 0 Å². The highest BCUT2D eigenvalue weighted by atomic mass is 19.1. The largest absolute Gasteiger partial charge is 0.493 e. The Labute approximate surface area is 176 Å². The van der Waals surface area contributed by atoms with Crippen LogP contribution in [0.5, 0.6) is 11.5 Å². The lowest BCUT2D eigenvalue weighted by molar-refractivity contribution is -0.116. The van der Waals surface area contributed by atoms with Crippen LogP contribution in [-0.4, -0.2) is 35.7 Å². The molecular weight excluding hydrogens is 408 g/mol. The van der Waals surface area contributed by atoms with Crippen LogP contribution in [0.25, 0.3) is 5.69 Å². The Morgan fingerprint density at radius 2 is 1.87 bits per heavy atom. The smallest absolute Gasteiger partial charge is 0.226 e. The zero-order chi connectivity index (χ0) is 22.3. The Morgan fingerprint density at radius 1 is 1.13 bits per heavy atom. The highest BCUT2D eigenvalue weighted by Gasteiger charge is 2.37. The van der Waals surface area contributed by atoms with E-state index >= 15 is 0 Å². The van der Waals surface area contributed by atoms with Crippen molar-refractivity contribution in [3.05, 3.63) is 64.9 Å². The number of fused-ring (bicyclic) bond motifs is 1. The average molecular weight is 427 g/mol. The van der Waals surface area contributed by atoms with Gasteiger partial charge < -0.3 is 14.8 Å². The molecule has 9 heteroatoms. The molecule has 1 aliphatic heterocycles. The monoisotopic (exact) mass is 427 g/mol. The fourth-order valence-electron chi connectivity index (χ4n) is 3.79. The van der Waals surface area contributed by atoms with E-state index in [9.17, 15) is 18.4 Å². The van der Waals surface area contributed by atoms with Gasteiger partial charge in [0.25, 0.3) is 0 Å². The summed E-state index contributed by atoms with van der Waals surface area (Å²) in [6.45, 7) is 1.67. The minimum atomic E-state index is -0.840. The molecular formula is C22H19F2N3O4. The fraction of sp³-hybridized carbons (Fsp3) is 0.227. The van der Waals surface area contributed by atoms with Crippen molar-refractivity contribution < 1.29 is 27.8 Å². The van der Waals surface area contributed by atoms with Crippen molar-refractivity contribution in [2.24, 2.45) is 0 Å². The molecule has 1 N–H and O–H groups in total. The topological polar surface area (TPSA) is 82.5 Å². The van der Waals surface area contributed by atoms with Gasteiger partial charge in [0.2, 0.25) is 5.91 Å². The van der Waals surface area contributed by atoms with Crippen molar-refractivity contribution in [3.8, 4) is 17.2 Å². The molecule has 1 amide bonds. The van der Waals surface area contributed by atoms with Crippen molar-refractivity contribution in [2.45, 2.75) is 19.3 Å². The van der Waals surface area contributed by atoms with Gasteiger partial charge >= 0.3 is 0 Å². The normalized spacial score (nSPS) is 15.3. The van der Waals surface area contributed by atoms with Crippen molar-refractivity contribution in [1.29, 1.82) is 0 Å². The van der Waals surface area contributed by atoms with Crippen LogP contribution in [0.4, 0.5) is 14.6 Å². The maximum Gasteiger partial charge on any atom is 0.226 e. The van der Waals surface area contributed by atoms with E-state index in [1.54, 1.807) is 25.1 Å². The van der Waals surface area contributed by atoms with Crippen LogP contribution in [0.1, 0.15) is 34.0 Å². The van der Waals surface area contributed by atoms with Crippen LogP contribution >= 0.6 is 0 Å². The number of amides is 1. The first-order valence-electron chi connectivity index (χ1n) is 9.45. The number of aromatic nitrogens is 2. The van der Waals surface area contributed by atoms with Gasteiger partial charge in [0, 0.05) is 23.6 Å². The molecule has 31 heavy (non-hydrogen) atoms. The number of Topliss-reactive ketones (excluding diaryl/α,β-unsaturated/α-hetero) is 1. The Bertz CT molecular complexity index is 1210. The molecule has 0 fully saturated rings. The number of methoxy groups -OCH3 is 2. The number of ether oxygens (including phenoxy) is 2. The van der Waals surface area contributed by atoms with E-state index in [1.165, 1.54) is 25.0 Å². The van der Waals surface area contributed by atoms with Crippen molar-refractivity contribution in [2.75, 3.05) is 19.5 Å². The zero-order valence-corrected chi connectivity index (χ0v) is 17.0. The van der Waals surface area contributed by atoms with E-state index in [4.69, 9.17) is 9.47 Å². The molecule has 0 aliphatic carbocycles. The van der Waals surface area contributed by atoms with E-state index in [0.29, 0.717) is 28.3 Å². The Morgan fingerprint density at radius 3 is 2.55 bits per heavy atom. The highest BCUT2D eigenvalue weighted by molar-refractivity contribution is 6.08. The molecule has 4 rings (SSSR count). The van der Waals surface area contributed by atoms with Gasteiger partial charge in [-0.2, -0.15) is 5.10 Å². The van der Waals surface area contributed by atoms with Crippen LogP contribution in [0.15, 0.2) is 36.4 Å². The molecule has 0 saturated carbocycles. The molecule has 3 aromatic rings. The number of anilines is 1. The Balaban J connectivity index is 1.81. The predicted octanol–water partition coefficient (Wildman–Crippen LogP) is 3.78. The van der Waals surface area contributed by atoms with Crippen LogP contribution in [0.3, 0.4) is 0 Å². The number of rotatable bonds is 5. The first-order chi connectivity index (χ1) is 14.8. The second-order valence-electron chi connectivity index (χ2n) is 7.09. The average Bonchev–Trinajstić information content (AvgIpc) is 3.08. The number of nitrogens with zero attached hydrogens (tertiary/aromatic N) is 2. The molecule has 1 atom stereocenters. The molecule has 0 spiro atoms. The summed E-state index contributed by atoms with van der Waals surface area (Å²) in [5.41, 5.74) is 1.24. The summed E-state index contributed by atoms with van der Waals surface area (Å²) in [6.07, 6.45) is -0.0847. The van der Waals surface area contributed by atoms with Crippen LogP contribution < -0.4 is 14.8 Å². The molecule has 2 heterocycles. The van der Waals surface area contributed by atoms with Crippen molar-refractivity contribution in [1.82, 2.24) is 9.78 Å². The summed E-state index contributed by atoms with van der Waals surface area (Å²) in [5, 5.41) is 6.99. The van der Waals surface area contributed by atoms with E-state index in [0.717, 1.165) is 12.1 Å². The number of aryl methyl sites for hydroxylation is 1. The summed E-state index contributed by atoms with van der Waals surface area (Å²) in [4.78, 5) is 25.8. The number of halogens is 2. The standard InChI is InChI=1S/C22H19F2N3O4/c1-11-20-14(21(29)12-4-7-17(30-2)18(8-12)31-3)10-19(28)25-22(20)27(26-11)16-6-5-13(23)9-15(16)24/h4-9,14H,10H2,1-3H3,(H,25,28)/t14-/m0/s1. The number of nitrogens with one attached hydrogen (secondary N) is 1. The van der Waals surface area contributed by atoms with Gasteiger partial charge in [0.1, 0.15) is 17.3 Å². The molecule has 0 radical (unpaired) electrons. The zero-order valence-electron chi connectivity index (χ0n) is 17.0. The molecule has 0 saturated heterocycles. The van der Waals surface area contributed by atoms with Gasteiger partial charge in [-0.3, -0.25) is 9.59 Å². The molecule has 1 aromatic heterocycles. The number of ketones is 1. The van der Waals surface area contributed by atoms with E-state index in [-0.39, 0.29) is 23.7 Å². The lowest BCUT2D eigenvalue weighted by atomic mass is 9.85. The van der Waals surface area contributed by atoms with Gasteiger partial charge in [-0.25, -0.2) is 13.5 Å². The lowest BCUT2D eigenvalue weighted by Crippen LogP contribution is -2.28. The van der Waals surface area contributed by atoms with Crippen molar-refractivity contribution >= 4 is 17.5 Å². The third-order valence-corrected chi connectivity index (χ3v) is 5.22. The summed E-state index contributed by atoms with van der Waals surface area (Å²) < 4.78 is 39.4. The van der Waals surface area contributed by atoms with Gasteiger partial charge in [0.15, 0.2) is 23.1 Å². The summed E-state index contributed by atoms with van der Waals surface area (Å²) >= 11 is 0. The molecule has 7 nitrogen and oxygen atoms in total.